The lowest BCUT2D eigenvalue weighted by Gasteiger charge is -2.22. The van der Waals surface area contributed by atoms with Gasteiger partial charge < -0.3 is 19.4 Å². The summed E-state index contributed by atoms with van der Waals surface area (Å²) in [5.74, 6) is 0.619. The molecule has 1 N–H and O–H groups in total. The first-order valence-electron chi connectivity index (χ1n) is 11.3. The van der Waals surface area contributed by atoms with Gasteiger partial charge in [-0.25, -0.2) is 14.4 Å². The zero-order chi connectivity index (χ0) is 22.7. The standard InChI is InChI=1S/C24H24FN7O/c1-30-12-28-23-18(3-5-21(23)30)29-24(33)19-11-31(13-27-19)8-14-2-4-20(17(7-26)22(14)25)32-9-15-6-16(15)10-32/h2,4,11-13,15-16,18H,3,5-6,8-10H2,1H3,(H,29,33)/t15?,16?,18-/m1/s1. The van der Waals surface area contributed by atoms with Crippen molar-refractivity contribution in [3.63, 3.8) is 0 Å². The minimum absolute atomic E-state index is 0.0966. The number of carbonyl (C=O) groups excluding carboxylic acids is 1. The molecule has 2 fully saturated rings. The van der Waals surface area contributed by atoms with E-state index in [-0.39, 0.29) is 29.8 Å². The number of piperidine rings is 1. The number of benzene rings is 1. The van der Waals surface area contributed by atoms with Crippen LogP contribution in [0.1, 0.15) is 51.9 Å². The van der Waals surface area contributed by atoms with Gasteiger partial charge in [-0.2, -0.15) is 5.26 Å². The molecule has 1 aliphatic heterocycles. The lowest BCUT2D eigenvalue weighted by Crippen LogP contribution is -2.27. The van der Waals surface area contributed by atoms with Gasteiger partial charge in [0, 0.05) is 37.6 Å². The number of fused-ring (bicyclic) bond motifs is 2. The Morgan fingerprint density at radius 1 is 1.27 bits per heavy atom. The normalized spacial score (nSPS) is 22.7. The quantitative estimate of drug-likeness (QED) is 0.652. The monoisotopic (exact) mass is 445 g/mol. The number of aryl methyl sites for hydroxylation is 1. The van der Waals surface area contributed by atoms with Crippen LogP contribution in [0.4, 0.5) is 10.1 Å². The molecule has 3 aliphatic rings. The van der Waals surface area contributed by atoms with Crippen molar-refractivity contribution in [3.8, 4) is 6.07 Å². The van der Waals surface area contributed by atoms with Crippen LogP contribution in [-0.2, 0) is 20.0 Å². The van der Waals surface area contributed by atoms with Crippen LogP contribution in [-0.4, -0.2) is 38.1 Å². The number of rotatable bonds is 5. The molecule has 8 nitrogen and oxygen atoms in total. The molecule has 168 valence electrons. The van der Waals surface area contributed by atoms with Gasteiger partial charge >= 0.3 is 0 Å². The maximum atomic E-state index is 15.2. The fraction of sp³-hybridized carbons (Fsp3) is 0.417. The first-order chi connectivity index (χ1) is 16.0. The Bertz CT molecular complexity index is 1290. The van der Waals surface area contributed by atoms with Crippen molar-refractivity contribution in [1.29, 1.82) is 5.26 Å². The van der Waals surface area contributed by atoms with Gasteiger partial charge in [-0.1, -0.05) is 6.07 Å². The van der Waals surface area contributed by atoms with E-state index in [0.717, 1.165) is 37.3 Å². The smallest absolute Gasteiger partial charge is 0.272 e. The van der Waals surface area contributed by atoms with Crippen molar-refractivity contribution >= 4 is 11.6 Å². The molecule has 0 bridgehead atoms. The van der Waals surface area contributed by atoms with Crippen LogP contribution in [0.25, 0.3) is 0 Å². The second kappa shape index (κ2) is 7.44. The molecule has 2 aromatic heterocycles. The molecule has 3 aromatic rings. The second-order valence-electron chi connectivity index (χ2n) is 9.39. The number of nitriles is 1. The van der Waals surface area contributed by atoms with Crippen LogP contribution in [0, 0.1) is 29.0 Å². The third-order valence-electron chi connectivity index (χ3n) is 7.25. The molecule has 0 radical (unpaired) electrons. The van der Waals surface area contributed by atoms with Crippen LogP contribution in [0.15, 0.2) is 31.0 Å². The van der Waals surface area contributed by atoms with Crippen molar-refractivity contribution in [1.82, 2.24) is 24.4 Å². The average Bonchev–Trinajstić information content (AvgIpc) is 3.27. The molecule has 1 saturated carbocycles. The molecular weight excluding hydrogens is 421 g/mol. The zero-order valence-corrected chi connectivity index (χ0v) is 18.3. The first-order valence-corrected chi connectivity index (χ1v) is 11.3. The number of nitrogens with zero attached hydrogens (tertiary/aromatic N) is 6. The lowest BCUT2D eigenvalue weighted by atomic mass is 10.1. The van der Waals surface area contributed by atoms with Crippen LogP contribution in [0.3, 0.4) is 0 Å². The van der Waals surface area contributed by atoms with Crippen LogP contribution >= 0.6 is 0 Å². The fourth-order valence-corrected chi connectivity index (χ4v) is 5.32. The molecule has 2 unspecified atom stereocenters. The molecule has 6 rings (SSSR count). The predicted octanol–water partition coefficient (Wildman–Crippen LogP) is 2.55. The fourth-order valence-electron chi connectivity index (χ4n) is 5.32. The van der Waals surface area contributed by atoms with E-state index in [1.165, 1.54) is 12.7 Å². The number of amides is 1. The summed E-state index contributed by atoms with van der Waals surface area (Å²) in [5.41, 5.74) is 3.50. The highest BCUT2D eigenvalue weighted by atomic mass is 19.1. The maximum absolute atomic E-state index is 15.2. The van der Waals surface area contributed by atoms with E-state index in [2.05, 4.69) is 26.3 Å². The lowest BCUT2D eigenvalue weighted by molar-refractivity contribution is 0.0931. The number of nitrogens with one attached hydrogen (secondary N) is 1. The number of halogens is 1. The van der Waals surface area contributed by atoms with Crippen LogP contribution in [0.5, 0.6) is 0 Å². The van der Waals surface area contributed by atoms with Gasteiger partial charge in [0.25, 0.3) is 5.91 Å². The molecule has 3 heterocycles. The molecule has 1 amide bonds. The number of hydrogen-bond donors (Lipinski definition) is 1. The summed E-state index contributed by atoms with van der Waals surface area (Å²) < 4.78 is 18.8. The minimum Gasteiger partial charge on any atom is -0.370 e. The molecule has 1 aromatic carbocycles. The zero-order valence-electron chi connectivity index (χ0n) is 18.3. The summed E-state index contributed by atoms with van der Waals surface area (Å²) in [6.45, 7) is 2.00. The SMILES string of the molecule is Cn1cnc2c1CC[C@H]2NC(=O)c1cn(Cc2ccc(N3CC4CC4C3)c(C#N)c2F)cn1. The minimum atomic E-state index is -0.496. The van der Waals surface area contributed by atoms with Gasteiger partial charge in [-0.15, -0.1) is 0 Å². The van der Waals surface area contributed by atoms with Crippen LogP contribution in [0.2, 0.25) is 0 Å². The highest BCUT2D eigenvalue weighted by Crippen LogP contribution is 2.47. The van der Waals surface area contributed by atoms with Crippen molar-refractivity contribution in [2.24, 2.45) is 18.9 Å². The number of anilines is 1. The highest BCUT2D eigenvalue weighted by Gasteiger charge is 2.45. The number of imidazole rings is 2. The Balaban J connectivity index is 1.16. The van der Waals surface area contributed by atoms with Crippen molar-refractivity contribution in [2.75, 3.05) is 18.0 Å². The summed E-state index contributed by atoms with van der Waals surface area (Å²) >= 11 is 0. The maximum Gasteiger partial charge on any atom is 0.272 e. The summed E-state index contributed by atoms with van der Waals surface area (Å²) in [6, 6.07) is 5.51. The van der Waals surface area contributed by atoms with Crippen molar-refractivity contribution in [3.05, 3.63) is 65.0 Å². The third kappa shape index (κ3) is 3.37. The molecule has 9 heteroatoms. The van der Waals surface area contributed by atoms with Gasteiger partial charge in [-0.05, 0) is 37.2 Å². The number of aromatic nitrogens is 4. The third-order valence-corrected chi connectivity index (χ3v) is 7.25. The summed E-state index contributed by atoms with van der Waals surface area (Å²) in [6.07, 6.45) is 7.82. The first kappa shape index (κ1) is 20.0. The topological polar surface area (TPSA) is 91.8 Å². The van der Waals surface area contributed by atoms with E-state index in [1.54, 1.807) is 23.2 Å². The molecule has 0 spiro atoms. The van der Waals surface area contributed by atoms with E-state index < -0.39 is 5.82 Å². The van der Waals surface area contributed by atoms with Crippen molar-refractivity contribution in [2.45, 2.75) is 31.8 Å². The molecule has 2 aliphatic carbocycles. The highest BCUT2D eigenvalue weighted by molar-refractivity contribution is 5.92. The van der Waals surface area contributed by atoms with Gasteiger partial charge in [-0.3, -0.25) is 4.79 Å². The Morgan fingerprint density at radius 2 is 2.09 bits per heavy atom. The Morgan fingerprint density at radius 3 is 2.88 bits per heavy atom. The van der Waals surface area contributed by atoms with Gasteiger partial charge in [0.1, 0.15) is 23.1 Å². The van der Waals surface area contributed by atoms with Gasteiger partial charge in [0.15, 0.2) is 0 Å². The largest absolute Gasteiger partial charge is 0.370 e. The average molecular weight is 446 g/mol. The van der Waals surface area contributed by atoms with Crippen molar-refractivity contribution < 1.29 is 9.18 Å². The van der Waals surface area contributed by atoms with Crippen LogP contribution < -0.4 is 10.2 Å². The Hall–Kier alpha value is -3.67. The Labute approximate surface area is 190 Å². The Kier molecular flexibility index (Phi) is 4.50. The predicted molar refractivity (Wildman–Crippen MR) is 118 cm³/mol. The second-order valence-corrected chi connectivity index (χ2v) is 9.39. The van der Waals surface area contributed by atoms with E-state index >= 15 is 4.39 Å². The molecule has 33 heavy (non-hydrogen) atoms. The van der Waals surface area contributed by atoms with E-state index in [1.807, 2.05) is 17.7 Å². The summed E-state index contributed by atoms with van der Waals surface area (Å²) in [7, 11) is 1.95. The molecular formula is C24H24FN7O. The summed E-state index contributed by atoms with van der Waals surface area (Å²) in [5, 5.41) is 12.6. The van der Waals surface area contributed by atoms with E-state index in [0.29, 0.717) is 23.1 Å². The number of carbonyl (C=O) groups is 1. The molecule has 1 saturated heterocycles. The molecule has 3 atom stereocenters. The number of hydrogen-bond acceptors (Lipinski definition) is 5. The van der Waals surface area contributed by atoms with Gasteiger partial charge in [0.2, 0.25) is 0 Å². The van der Waals surface area contributed by atoms with Gasteiger partial charge in [0.05, 0.1) is 36.6 Å². The summed E-state index contributed by atoms with van der Waals surface area (Å²) in [4.78, 5) is 23.5. The van der Waals surface area contributed by atoms with E-state index in [9.17, 15) is 10.1 Å². The van der Waals surface area contributed by atoms with E-state index in [4.69, 9.17) is 0 Å².